The minimum atomic E-state index is 0.158. The van der Waals surface area contributed by atoms with E-state index in [4.69, 9.17) is 5.73 Å². The molecule has 0 atom stereocenters. The van der Waals surface area contributed by atoms with Gasteiger partial charge in [-0.2, -0.15) is 0 Å². The Labute approximate surface area is 102 Å². The number of aryl methyl sites for hydroxylation is 1. The summed E-state index contributed by atoms with van der Waals surface area (Å²) in [6.07, 6.45) is 0.982. The molecule has 0 radical (unpaired) electrons. The Bertz CT molecular complexity index is 410. The number of nitrogens with zero attached hydrogens (tertiary/aromatic N) is 2. The molecule has 1 heterocycles. The summed E-state index contributed by atoms with van der Waals surface area (Å²) in [5.41, 5.74) is 8.91. The molecule has 2 N–H and O–H groups in total. The van der Waals surface area contributed by atoms with Gasteiger partial charge < -0.3 is 15.5 Å². The van der Waals surface area contributed by atoms with Gasteiger partial charge in [0.05, 0.1) is 17.9 Å². The van der Waals surface area contributed by atoms with Crippen LogP contribution >= 0.6 is 0 Å². The van der Waals surface area contributed by atoms with Crippen molar-refractivity contribution in [3.05, 3.63) is 23.8 Å². The number of amides is 1. The zero-order chi connectivity index (χ0) is 12.4. The van der Waals surface area contributed by atoms with Crippen molar-refractivity contribution in [2.45, 2.75) is 13.3 Å². The molecule has 4 heteroatoms. The minimum absolute atomic E-state index is 0.158. The highest BCUT2D eigenvalue weighted by molar-refractivity contribution is 5.84. The molecule has 0 aliphatic carbocycles. The van der Waals surface area contributed by atoms with Crippen LogP contribution in [0.2, 0.25) is 0 Å². The van der Waals surface area contributed by atoms with Crippen LogP contribution in [0.15, 0.2) is 18.2 Å². The lowest BCUT2D eigenvalue weighted by Crippen LogP contribution is -2.35. The van der Waals surface area contributed by atoms with Crippen LogP contribution in [0.1, 0.15) is 12.0 Å². The predicted molar refractivity (Wildman–Crippen MR) is 70.1 cm³/mol. The van der Waals surface area contributed by atoms with Crippen LogP contribution in [-0.4, -0.2) is 37.5 Å². The summed E-state index contributed by atoms with van der Waals surface area (Å²) in [6.45, 7) is 4.16. The van der Waals surface area contributed by atoms with E-state index in [9.17, 15) is 4.79 Å². The Morgan fingerprint density at radius 3 is 2.76 bits per heavy atom. The Hall–Kier alpha value is -1.71. The lowest BCUT2D eigenvalue weighted by Gasteiger charge is -2.25. The number of anilines is 2. The van der Waals surface area contributed by atoms with Gasteiger partial charge in [0.1, 0.15) is 0 Å². The quantitative estimate of drug-likeness (QED) is 0.743. The van der Waals surface area contributed by atoms with Crippen molar-refractivity contribution in [2.75, 3.05) is 37.3 Å². The van der Waals surface area contributed by atoms with Crippen LogP contribution < -0.4 is 10.6 Å². The van der Waals surface area contributed by atoms with E-state index in [0.29, 0.717) is 6.54 Å². The van der Waals surface area contributed by atoms with Gasteiger partial charge in [0.15, 0.2) is 0 Å². The highest BCUT2D eigenvalue weighted by atomic mass is 16.2. The van der Waals surface area contributed by atoms with E-state index in [0.717, 1.165) is 36.4 Å². The number of para-hydroxylation sites is 1. The summed E-state index contributed by atoms with van der Waals surface area (Å²) in [6, 6.07) is 5.87. The lowest BCUT2D eigenvalue weighted by atomic mass is 10.1. The van der Waals surface area contributed by atoms with Crippen LogP contribution in [-0.2, 0) is 4.79 Å². The summed E-state index contributed by atoms with van der Waals surface area (Å²) in [5, 5.41) is 0. The monoisotopic (exact) mass is 233 g/mol. The average Bonchev–Trinajstić information content (AvgIpc) is 2.42. The zero-order valence-electron chi connectivity index (χ0n) is 10.4. The molecular formula is C13H19N3O. The molecule has 1 aromatic rings. The van der Waals surface area contributed by atoms with Gasteiger partial charge in [0.25, 0.3) is 0 Å². The molecule has 2 rings (SSSR count). The molecule has 1 fully saturated rings. The molecule has 4 nitrogen and oxygen atoms in total. The van der Waals surface area contributed by atoms with Crippen molar-refractivity contribution in [3.63, 3.8) is 0 Å². The Morgan fingerprint density at radius 1 is 1.29 bits per heavy atom. The molecular weight excluding hydrogens is 214 g/mol. The highest BCUT2D eigenvalue weighted by Gasteiger charge is 2.21. The molecule has 1 aliphatic heterocycles. The standard InChI is InChI=1S/C13H19N3O/c1-10-5-3-6-11(14)13(10)16-8-4-7-15(2)12(17)9-16/h3,5-6H,4,7-9,14H2,1-2H3. The second kappa shape index (κ2) is 4.65. The van der Waals surface area contributed by atoms with Gasteiger partial charge in [0, 0.05) is 20.1 Å². The van der Waals surface area contributed by atoms with Gasteiger partial charge in [0.2, 0.25) is 5.91 Å². The number of hydrogen-bond acceptors (Lipinski definition) is 3. The summed E-state index contributed by atoms with van der Waals surface area (Å²) in [7, 11) is 1.85. The first-order valence-electron chi connectivity index (χ1n) is 5.93. The minimum Gasteiger partial charge on any atom is -0.397 e. The number of nitrogen functional groups attached to an aromatic ring is 1. The number of hydrogen-bond donors (Lipinski definition) is 1. The van der Waals surface area contributed by atoms with E-state index in [1.807, 2.05) is 32.2 Å². The first kappa shape index (κ1) is 11.8. The zero-order valence-corrected chi connectivity index (χ0v) is 10.4. The van der Waals surface area contributed by atoms with Crippen LogP contribution in [0.25, 0.3) is 0 Å². The molecule has 1 saturated heterocycles. The van der Waals surface area contributed by atoms with E-state index in [-0.39, 0.29) is 5.91 Å². The molecule has 0 unspecified atom stereocenters. The summed E-state index contributed by atoms with van der Waals surface area (Å²) in [4.78, 5) is 15.7. The third kappa shape index (κ3) is 2.35. The van der Waals surface area contributed by atoms with Gasteiger partial charge in [-0.3, -0.25) is 4.79 Å². The van der Waals surface area contributed by atoms with Crippen molar-refractivity contribution in [1.29, 1.82) is 0 Å². The topological polar surface area (TPSA) is 49.6 Å². The van der Waals surface area contributed by atoms with Crippen LogP contribution in [0.3, 0.4) is 0 Å². The maximum atomic E-state index is 11.9. The first-order chi connectivity index (χ1) is 8.09. The molecule has 1 amide bonds. The van der Waals surface area contributed by atoms with Crippen molar-refractivity contribution in [1.82, 2.24) is 4.90 Å². The maximum Gasteiger partial charge on any atom is 0.241 e. The van der Waals surface area contributed by atoms with Crippen molar-refractivity contribution < 1.29 is 4.79 Å². The number of carbonyl (C=O) groups excluding carboxylic acids is 1. The Balaban J connectivity index is 2.30. The fourth-order valence-electron chi connectivity index (χ4n) is 2.29. The molecule has 17 heavy (non-hydrogen) atoms. The van der Waals surface area contributed by atoms with Crippen molar-refractivity contribution in [2.24, 2.45) is 0 Å². The molecule has 1 aliphatic rings. The van der Waals surface area contributed by atoms with E-state index >= 15 is 0 Å². The largest absolute Gasteiger partial charge is 0.397 e. The summed E-state index contributed by atoms with van der Waals surface area (Å²) < 4.78 is 0. The molecule has 92 valence electrons. The van der Waals surface area contributed by atoms with Gasteiger partial charge in [-0.1, -0.05) is 12.1 Å². The lowest BCUT2D eigenvalue weighted by molar-refractivity contribution is -0.127. The second-order valence-electron chi connectivity index (χ2n) is 4.60. The van der Waals surface area contributed by atoms with Gasteiger partial charge >= 0.3 is 0 Å². The van der Waals surface area contributed by atoms with Crippen LogP contribution in [0.4, 0.5) is 11.4 Å². The van der Waals surface area contributed by atoms with E-state index in [2.05, 4.69) is 4.90 Å². The van der Waals surface area contributed by atoms with E-state index in [1.54, 1.807) is 4.90 Å². The van der Waals surface area contributed by atoms with Gasteiger partial charge in [-0.25, -0.2) is 0 Å². The molecule has 0 spiro atoms. The predicted octanol–water partition coefficient (Wildman–Crippen LogP) is 1.25. The molecule has 0 saturated carbocycles. The van der Waals surface area contributed by atoms with Crippen LogP contribution in [0.5, 0.6) is 0 Å². The van der Waals surface area contributed by atoms with E-state index < -0.39 is 0 Å². The first-order valence-corrected chi connectivity index (χ1v) is 5.93. The third-order valence-electron chi connectivity index (χ3n) is 3.26. The van der Waals surface area contributed by atoms with Gasteiger partial charge in [-0.15, -0.1) is 0 Å². The normalized spacial score (nSPS) is 17.2. The number of benzene rings is 1. The van der Waals surface area contributed by atoms with Gasteiger partial charge in [-0.05, 0) is 25.0 Å². The Morgan fingerprint density at radius 2 is 2.06 bits per heavy atom. The summed E-state index contributed by atoms with van der Waals surface area (Å²) in [5.74, 6) is 0.158. The SMILES string of the molecule is Cc1cccc(N)c1N1CCCN(C)C(=O)C1. The average molecular weight is 233 g/mol. The fraction of sp³-hybridized carbons (Fsp3) is 0.462. The number of nitrogens with two attached hydrogens (primary N) is 1. The fourth-order valence-corrected chi connectivity index (χ4v) is 2.29. The van der Waals surface area contributed by atoms with Crippen molar-refractivity contribution >= 4 is 17.3 Å². The molecule has 0 aromatic heterocycles. The number of rotatable bonds is 1. The van der Waals surface area contributed by atoms with Crippen molar-refractivity contribution in [3.8, 4) is 0 Å². The number of likely N-dealkylation sites (N-methyl/N-ethyl adjacent to an activating group) is 1. The molecule has 1 aromatic carbocycles. The summed E-state index contributed by atoms with van der Waals surface area (Å²) >= 11 is 0. The number of carbonyl (C=O) groups is 1. The van der Waals surface area contributed by atoms with Crippen LogP contribution in [0, 0.1) is 6.92 Å². The highest BCUT2D eigenvalue weighted by Crippen LogP contribution is 2.28. The maximum absolute atomic E-state index is 11.9. The third-order valence-corrected chi connectivity index (χ3v) is 3.26. The smallest absolute Gasteiger partial charge is 0.241 e. The van der Waals surface area contributed by atoms with E-state index in [1.165, 1.54) is 0 Å². The Kier molecular flexibility index (Phi) is 3.22. The second-order valence-corrected chi connectivity index (χ2v) is 4.60. The molecule has 0 bridgehead atoms.